The molecule has 0 unspecified atom stereocenters. The summed E-state index contributed by atoms with van der Waals surface area (Å²) in [4.78, 5) is 28.2. The number of likely N-dealkylation sites (N-methyl/N-ethyl adjacent to an activating group) is 1. The van der Waals surface area contributed by atoms with Crippen LogP contribution in [0.2, 0.25) is 5.02 Å². The van der Waals surface area contributed by atoms with E-state index >= 15 is 0 Å². The lowest BCUT2D eigenvalue weighted by Crippen LogP contribution is -2.44. The van der Waals surface area contributed by atoms with Crippen LogP contribution in [-0.4, -0.2) is 62.0 Å². The average molecular weight is 368 g/mol. The Morgan fingerprint density at radius 2 is 2.20 bits per heavy atom. The Kier molecular flexibility index (Phi) is 7.08. The van der Waals surface area contributed by atoms with Crippen molar-refractivity contribution in [2.24, 2.45) is 5.92 Å². The Balaban J connectivity index is 1.87. The van der Waals surface area contributed by atoms with Gasteiger partial charge in [0, 0.05) is 18.6 Å². The summed E-state index contributed by atoms with van der Waals surface area (Å²) in [5.41, 5.74) is 0.491. The normalized spacial score (nSPS) is 17.8. The van der Waals surface area contributed by atoms with Crippen LogP contribution in [0.25, 0.3) is 0 Å². The van der Waals surface area contributed by atoms with Crippen LogP contribution in [0.1, 0.15) is 19.8 Å². The average Bonchev–Trinajstić information content (AvgIpc) is 2.55. The fraction of sp³-hybridized carbons (Fsp3) is 0.556. The van der Waals surface area contributed by atoms with Crippen molar-refractivity contribution >= 4 is 29.1 Å². The van der Waals surface area contributed by atoms with E-state index in [4.69, 9.17) is 16.3 Å². The monoisotopic (exact) mass is 367 g/mol. The first-order valence-electron chi connectivity index (χ1n) is 8.48. The van der Waals surface area contributed by atoms with Gasteiger partial charge in [-0.25, -0.2) is 0 Å². The second kappa shape index (κ2) is 9.06. The molecule has 2 amide bonds. The molecule has 1 fully saturated rings. The Morgan fingerprint density at radius 3 is 2.88 bits per heavy atom. The second-order valence-electron chi connectivity index (χ2n) is 6.63. The number of amides is 2. The van der Waals surface area contributed by atoms with E-state index in [9.17, 15) is 9.59 Å². The number of ether oxygens (including phenoxy) is 1. The molecule has 0 radical (unpaired) electrons. The molecule has 1 aliphatic heterocycles. The molecule has 0 aliphatic carbocycles. The second-order valence-corrected chi connectivity index (χ2v) is 7.06. The highest BCUT2D eigenvalue weighted by Crippen LogP contribution is 2.27. The third-order valence-corrected chi connectivity index (χ3v) is 4.58. The number of benzene rings is 1. The van der Waals surface area contributed by atoms with Crippen molar-refractivity contribution < 1.29 is 14.3 Å². The number of likely N-dealkylation sites (tertiary alicyclic amines) is 1. The molecule has 1 aromatic carbocycles. The van der Waals surface area contributed by atoms with Crippen LogP contribution in [0.5, 0.6) is 5.75 Å². The highest BCUT2D eigenvalue weighted by atomic mass is 35.5. The van der Waals surface area contributed by atoms with Gasteiger partial charge in [0.1, 0.15) is 5.75 Å². The van der Waals surface area contributed by atoms with E-state index in [0.29, 0.717) is 28.9 Å². The van der Waals surface area contributed by atoms with Crippen molar-refractivity contribution in [2.45, 2.75) is 19.8 Å². The minimum atomic E-state index is -0.288. The fourth-order valence-corrected chi connectivity index (χ4v) is 3.19. The van der Waals surface area contributed by atoms with E-state index in [-0.39, 0.29) is 18.4 Å². The molecule has 1 aromatic rings. The Hall–Kier alpha value is -1.79. The Labute approximate surface area is 154 Å². The first-order valence-corrected chi connectivity index (χ1v) is 8.86. The lowest BCUT2D eigenvalue weighted by molar-refractivity contribution is -0.134. The number of hydrogen-bond donors (Lipinski definition) is 1. The maximum absolute atomic E-state index is 12.3. The molecule has 7 heteroatoms. The number of carbonyl (C=O) groups excluding carboxylic acids is 2. The van der Waals surface area contributed by atoms with E-state index in [0.717, 1.165) is 19.5 Å². The Morgan fingerprint density at radius 1 is 1.44 bits per heavy atom. The van der Waals surface area contributed by atoms with Crippen molar-refractivity contribution in [1.29, 1.82) is 0 Å². The predicted molar refractivity (Wildman–Crippen MR) is 99.1 cm³/mol. The third kappa shape index (κ3) is 5.90. The van der Waals surface area contributed by atoms with Gasteiger partial charge in [-0.15, -0.1) is 0 Å². The highest BCUT2D eigenvalue weighted by molar-refractivity contribution is 6.31. The van der Waals surface area contributed by atoms with Crippen molar-refractivity contribution in [3.05, 3.63) is 23.2 Å². The molecule has 1 N–H and O–H groups in total. The van der Waals surface area contributed by atoms with Crippen molar-refractivity contribution in [3.63, 3.8) is 0 Å². The van der Waals surface area contributed by atoms with Crippen molar-refractivity contribution in [1.82, 2.24) is 9.80 Å². The van der Waals surface area contributed by atoms with E-state index < -0.39 is 0 Å². The molecule has 138 valence electrons. The number of halogens is 1. The summed E-state index contributed by atoms with van der Waals surface area (Å²) in [5.74, 6) is 0.797. The molecule has 25 heavy (non-hydrogen) atoms. The number of rotatable bonds is 6. The molecular formula is C18H26ClN3O3. The van der Waals surface area contributed by atoms with Crippen LogP contribution in [0.3, 0.4) is 0 Å². The number of hydrogen-bond acceptors (Lipinski definition) is 4. The van der Waals surface area contributed by atoms with Crippen LogP contribution >= 0.6 is 11.6 Å². The largest absolute Gasteiger partial charge is 0.495 e. The quantitative estimate of drug-likeness (QED) is 0.839. The van der Waals surface area contributed by atoms with Gasteiger partial charge in [0.15, 0.2) is 0 Å². The van der Waals surface area contributed by atoms with E-state index in [1.54, 1.807) is 25.2 Å². The molecule has 0 spiro atoms. The summed E-state index contributed by atoms with van der Waals surface area (Å²) in [6.07, 6.45) is 2.33. The van der Waals surface area contributed by atoms with Gasteiger partial charge >= 0.3 is 0 Å². The molecule has 1 heterocycles. The molecule has 0 aromatic heterocycles. The summed E-state index contributed by atoms with van der Waals surface area (Å²) in [5, 5.41) is 3.24. The van der Waals surface area contributed by atoms with Gasteiger partial charge in [-0.2, -0.15) is 0 Å². The van der Waals surface area contributed by atoms with Gasteiger partial charge < -0.3 is 15.0 Å². The van der Waals surface area contributed by atoms with Gasteiger partial charge in [0.25, 0.3) is 0 Å². The topological polar surface area (TPSA) is 61.9 Å². The van der Waals surface area contributed by atoms with Crippen LogP contribution < -0.4 is 10.1 Å². The molecule has 2 rings (SSSR count). The Bertz CT molecular complexity index is 624. The van der Waals surface area contributed by atoms with Gasteiger partial charge in [-0.3, -0.25) is 14.5 Å². The number of nitrogens with zero attached hydrogens (tertiary/aromatic N) is 2. The molecule has 1 aliphatic rings. The number of piperidine rings is 1. The minimum absolute atomic E-state index is 0.0160. The zero-order valence-electron chi connectivity index (χ0n) is 15.0. The predicted octanol–water partition coefficient (Wildman–Crippen LogP) is 2.48. The molecule has 0 bridgehead atoms. The minimum Gasteiger partial charge on any atom is -0.495 e. The highest BCUT2D eigenvalue weighted by Gasteiger charge is 2.21. The van der Waals surface area contributed by atoms with Crippen LogP contribution in [0.15, 0.2) is 18.2 Å². The summed E-state index contributed by atoms with van der Waals surface area (Å²) < 4.78 is 5.20. The SMILES string of the molecule is COc1ccc(Cl)cc1NC(=O)CN(C)C(=O)CN1CCC[C@H](C)C1. The van der Waals surface area contributed by atoms with Crippen molar-refractivity contribution in [2.75, 3.05) is 45.7 Å². The van der Waals surface area contributed by atoms with E-state index in [1.165, 1.54) is 18.4 Å². The van der Waals surface area contributed by atoms with Crippen LogP contribution in [0.4, 0.5) is 5.69 Å². The van der Waals surface area contributed by atoms with Gasteiger partial charge in [-0.1, -0.05) is 18.5 Å². The zero-order valence-corrected chi connectivity index (χ0v) is 15.8. The van der Waals surface area contributed by atoms with E-state index in [2.05, 4.69) is 17.1 Å². The van der Waals surface area contributed by atoms with E-state index in [1.807, 2.05) is 0 Å². The number of methoxy groups -OCH3 is 1. The number of nitrogens with one attached hydrogen (secondary N) is 1. The standard InChI is InChI=1S/C18H26ClN3O3/c1-13-5-4-8-22(10-13)12-18(24)21(2)11-17(23)20-15-9-14(19)6-7-16(15)25-3/h6-7,9,13H,4-5,8,10-12H2,1-3H3,(H,20,23)/t13-/m0/s1. The summed E-state index contributed by atoms with van der Waals surface area (Å²) >= 11 is 5.96. The molecule has 0 saturated carbocycles. The zero-order chi connectivity index (χ0) is 18.4. The lowest BCUT2D eigenvalue weighted by atomic mass is 10.0. The number of anilines is 1. The third-order valence-electron chi connectivity index (χ3n) is 4.34. The first-order chi connectivity index (χ1) is 11.9. The summed E-state index contributed by atoms with van der Waals surface area (Å²) in [7, 11) is 3.17. The summed E-state index contributed by atoms with van der Waals surface area (Å²) in [6, 6.07) is 4.99. The number of carbonyl (C=O) groups is 2. The molecule has 1 atom stereocenters. The fourth-order valence-electron chi connectivity index (χ4n) is 3.01. The molecular weight excluding hydrogens is 342 g/mol. The van der Waals surface area contributed by atoms with Gasteiger partial charge in [0.05, 0.1) is 25.9 Å². The maximum Gasteiger partial charge on any atom is 0.244 e. The maximum atomic E-state index is 12.3. The molecule has 1 saturated heterocycles. The smallest absolute Gasteiger partial charge is 0.244 e. The van der Waals surface area contributed by atoms with Gasteiger partial charge in [0.2, 0.25) is 11.8 Å². The summed E-state index contributed by atoms with van der Waals surface area (Å²) in [6.45, 7) is 4.42. The molecule has 6 nitrogen and oxygen atoms in total. The van der Waals surface area contributed by atoms with Gasteiger partial charge in [-0.05, 0) is 43.5 Å². The first kappa shape index (κ1) is 19.5. The van der Waals surface area contributed by atoms with Crippen LogP contribution in [-0.2, 0) is 9.59 Å². The lowest BCUT2D eigenvalue weighted by Gasteiger charge is -2.31. The van der Waals surface area contributed by atoms with Crippen LogP contribution in [0, 0.1) is 5.92 Å². The van der Waals surface area contributed by atoms with Crippen molar-refractivity contribution in [3.8, 4) is 5.75 Å².